The SMILES string of the molecule is COc1ccc2c3c([nH]c2c1Cl)C(=O)CC3. The number of hydrogen-bond acceptors (Lipinski definition) is 2. The maximum absolute atomic E-state index is 11.6. The molecule has 0 unspecified atom stereocenters. The first-order valence-electron chi connectivity index (χ1n) is 5.12. The third-order valence-corrected chi connectivity index (χ3v) is 3.46. The van der Waals surface area contributed by atoms with Gasteiger partial charge in [0.05, 0.1) is 18.3 Å². The monoisotopic (exact) mass is 235 g/mol. The van der Waals surface area contributed by atoms with E-state index in [2.05, 4.69) is 4.98 Å². The van der Waals surface area contributed by atoms with E-state index in [4.69, 9.17) is 16.3 Å². The molecule has 1 aromatic carbocycles. The maximum atomic E-state index is 11.6. The Bertz CT molecular complexity index is 601. The van der Waals surface area contributed by atoms with Crippen LogP contribution in [0.4, 0.5) is 0 Å². The van der Waals surface area contributed by atoms with Crippen molar-refractivity contribution in [1.82, 2.24) is 4.98 Å². The zero-order valence-corrected chi connectivity index (χ0v) is 9.52. The van der Waals surface area contributed by atoms with E-state index >= 15 is 0 Å². The Morgan fingerprint density at radius 1 is 1.38 bits per heavy atom. The van der Waals surface area contributed by atoms with Crippen molar-refractivity contribution < 1.29 is 9.53 Å². The highest BCUT2D eigenvalue weighted by Crippen LogP contribution is 2.37. The molecule has 16 heavy (non-hydrogen) atoms. The third kappa shape index (κ3) is 1.12. The van der Waals surface area contributed by atoms with E-state index in [0.29, 0.717) is 22.9 Å². The van der Waals surface area contributed by atoms with Crippen molar-refractivity contribution in [2.24, 2.45) is 0 Å². The van der Waals surface area contributed by atoms with E-state index < -0.39 is 0 Å². The quantitative estimate of drug-likeness (QED) is 0.826. The van der Waals surface area contributed by atoms with Gasteiger partial charge in [-0.05, 0) is 24.1 Å². The molecule has 82 valence electrons. The lowest BCUT2D eigenvalue weighted by molar-refractivity contribution is 0.0991. The first kappa shape index (κ1) is 9.73. The summed E-state index contributed by atoms with van der Waals surface area (Å²) in [5, 5.41) is 1.58. The van der Waals surface area contributed by atoms with Gasteiger partial charge in [0.1, 0.15) is 10.8 Å². The lowest BCUT2D eigenvalue weighted by Gasteiger charge is -2.03. The van der Waals surface area contributed by atoms with Crippen LogP contribution in [-0.2, 0) is 6.42 Å². The highest BCUT2D eigenvalue weighted by Gasteiger charge is 2.25. The first-order chi connectivity index (χ1) is 7.72. The normalized spacial score (nSPS) is 14.5. The van der Waals surface area contributed by atoms with Crippen molar-refractivity contribution in [2.45, 2.75) is 12.8 Å². The van der Waals surface area contributed by atoms with E-state index in [9.17, 15) is 4.79 Å². The summed E-state index contributed by atoms with van der Waals surface area (Å²) >= 11 is 6.19. The van der Waals surface area contributed by atoms with Crippen molar-refractivity contribution in [1.29, 1.82) is 0 Å². The van der Waals surface area contributed by atoms with E-state index in [1.54, 1.807) is 7.11 Å². The summed E-state index contributed by atoms with van der Waals surface area (Å²) in [5.41, 5.74) is 2.61. The molecule has 0 saturated heterocycles. The maximum Gasteiger partial charge on any atom is 0.179 e. The van der Waals surface area contributed by atoms with E-state index in [1.807, 2.05) is 12.1 Å². The summed E-state index contributed by atoms with van der Waals surface area (Å²) in [7, 11) is 1.58. The van der Waals surface area contributed by atoms with E-state index in [-0.39, 0.29) is 5.78 Å². The number of aromatic amines is 1. The molecule has 0 aliphatic heterocycles. The zero-order chi connectivity index (χ0) is 11.3. The van der Waals surface area contributed by atoms with Crippen LogP contribution in [0.15, 0.2) is 12.1 Å². The molecule has 1 heterocycles. The molecule has 0 atom stereocenters. The number of aryl methyl sites for hydroxylation is 1. The standard InChI is InChI=1S/C12H10ClNO2/c1-16-9-5-3-7-6-2-4-8(15)11(6)14-12(7)10(9)13/h3,5,14H,2,4H2,1H3. The molecule has 0 saturated carbocycles. The number of Topliss-reactive ketones (excluding diaryl/α,β-unsaturated/α-hetero) is 1. The van der Waals surface area contributed by atoms with Crippen molar-refractivity contribution in [3.05, 3.63) is 28.4 Å². The van der Waals surface area contributed by atoms with Crippen LogP contribution in [0, 0.1) is 0 Å². The van der Waals surface area contributed by atoms with Gasteiger partial charge in [-0.25, -0.2) is 0 Å². The topological polar surface area (TPSA) is 42.1 Å². The minimum atomic E-state index is 0.168. The number of hydrogen-bond donors (Lipinski definition) is 1. The molecule has 0 amide bonds. The molecular weight excluding hydrogens is 226 g/mol. The largest absolute Gasteiger partial charge is 0.495 e. The number of benzene rings is 1. The number of rotatable bonds is 1. The Morgan fingerprint density at radius 3 is 2.94 bits per heavy atom. The number of carbonyl (C=O) groups is 1. The molecule has 0 spiro atoms. The van der Waals surface area contributed by atoms with Crippen LogP contribution in [0.25, 0.3) is 10.9 Å². The fourth-order valence-corrected chi connectivity index (χ4v) is 2.57. The van der Waals surface area contributed by atoms with Gasteiger partial charge in [-0.2, -0.15) is 0 Å². The molecule has 4 heteroatoms. The Kier molecular flexibility index (Phi) is 1.98. The minimum absolute atomic E-state index is 0.168. The van der Waals surface area contributed by atoms with Crippen LogP contribution < -0.4 is 4.74 Å². The number of nitrogens with one attached hydrogen (secondary N) is 1. The minimum Gasteiger partial charge on any atom is -0.495 e. The van der Waals surface area contributed by atoms with Gasteiger partial charge in [-0.3, -0.25) is 4.79 Å². The highest BCUT2D eigenvalue weighted by molar-refractivity contribution is 6.37. The number of carbonyl (C=O) groups excluding carboxylic acids is 1. The van der Waals surface area contributed by atoms with Gasteiger partial charge in [0.15, 0.2) is 5.78 Å². The van der Waals surface area contributed by atoms with Crippen LogP contribution >= 0.6 is 11.6 Å². The second kappa shape index (κ2) is 3.25. The molecule has 2 aromatic rings. The van der Waals surface area contributed by atoms with Gasteiger partial charge in [-0.15, -0.1) is 0 Å². The van der Waals surface area contributed by atoms with Crippen molar-refractivity contribution in [2.75, 3.05) is 7.11 Å². The molecule has 1 aliphatic carbocycles. The molecule has 1 aliphatic rings. The second-order valence-electron chi connectivity index (χ2n) is 3.91. The lowest BCUT2D eigenvalue weighted by atomic mass is 10.1. The zero-order valence-electron chi connectivity index (χ0n) is 8.76. The molecule has 1 N–H and O–H groups in total. The average molecular weight is 236 g/mol. The number of methoxy groups -OCH3 is 1. The van der Waals surface area contributed by atoms with E-state index in [1.165, 1.54) is 0 Å². The summed E-state index contributed by atoms with van der Waals surface area (Å²) in [6.07, 6.45) is 1.40. The highest BCUT2D eigenvalue weighted by atomic mass is 35.5. The Morgan fingerprint density at radius 2 is 2.19 bits per heavy atom. The van der Waals surface area contributed by atoms with Crippen LogP contribution in [0.5, 0.6) is 5.75 Å². The lowest BCUT2D eigenvalue weighted by Crippen LogP contribution is -1.91. The van der Waals surface area contributed by atoms with Gasteiger partial charge in [0.25, 0.3) is 0 Å². The number of H-pyrrole nitrogens is 1. The van der Waals surface area contributed by atoms with Crippen LogP contribution in [0.2, 0.25) is 5.02 Å². The summed E-state index contributed by atoms with van der Waals surface area (Å²) in [4.78, 5) is 14.7. The summed E-state index contributed by atoms with van der Waals surface area (Å²) in [6.45, 7) is 0. The Labute approximate surface area is 97.4 Å². The molecule has 0 bridgehead atoms. The molecule has 1 aromatic heterocycles. The summed E-state index contributed by atoms with van der Waals surface area (Å²) < 4.78 is 5.14. The smallest absolute Gasteiger partial charge is 0.179 e. The molecule has 0 radical (unpaired) electrons. The van der Waals surface area contributed by atoms with Crippen molar-refractivity contribution >= 4 is 28.3 Å². The van der Waals surface area contributed by atoms with Crippen LogP contribution in [0.3, 0.4) is 0 Å². The summed E-state index contributed by atoms with van der Waals surface area (Å²) in [6, 6.07) is 3.79. The predicted molar refractivity (Wildman–Crippen MR) is 62.5 cm³/mol. The van der Waals surface area contributed by atoms with Crippen molar-refractivity contribution in [3.8, 4) is 5.75 Å². The van der Waals surface area contributed by atoms with Crippen molar-refractivity contribution in [3.63, 3.8) is 0 Å². The first-order valence-corrected chi connectivity index (χ1v) is 5.50. The average Bonchev–Trinajstić information content (AvgIpc) is 2.81. The number of halogens is 1. The Hall–Kier alpha value is -1.48. The third-order valence-electron chi connectivity index (χ3n) is 3.08. The van der Waals surface area contributed by atoms with Crippen LogP contribution in [-0.4, -0.2) is 17.9 Å². The molecular formula is C12H10ClNO2. The fraction of sp³-hybridized carbons (Fsp3) is 0.250. The molecule has 3 nitrogen and oxygen atoms in total. The number of aromatic nitrogens is 1. The molecule has 3 rings (SSSR count). The van der Waals surface area contributed by atoms with Gasteiger partial charge >= 0.3 is 0 Å². The van der Waals surface area contributed by atoms with Gasteiger partial charge < -0.3 is 9.72 Å². The van der Waals surface area contributed by atoms with E-state index in [0.717, 1.165) is 22.9 Å². The number of ether oxygens (including phenoxy) is 1. The summed E-state index contributed by atoms with van der Waals surface area (Å²) in [5.74, 6) is 0.794. The van der Waals surface area contributed by atoms with Gasteiger partial charge in [0, 0.05) is 11.8 Å². The fourth-order valence-electron chi connectivity index (χ4n) is 2.28. The van der Waals surface area contributed by atoms with Crippen LogP contribution in [0.1, 0.15) is 22.5 Å². The predicted octanol–water partition coefficient (Wildman–Crippen LogP) is 2.96. The number of ketones is 1. The van der Waals surface area contributed by atoms with Gasteiger partial charge in [0.2, 0.25) is 0 Å². The molecule has 0 fully saturated rings. The Balaban J connectivity index is 2.36. The number of fused-ring (bicyclic) bond motifs is 3. The second-order valence-corrected chi connectivity index (χ2v) is 4.28. The van der Waals surface area contributed by atoms with Gasteiger partial charge in [-0.1, -0.05) is 11.6 Å².